The number of halogens is 2. The summed E-state index contributed by atoms with van der Waals surface area (Å²) in [6.45, 7) is 1.12. The summed E-state index contributed by atoms with van der Waals surface area (Å²) < 4.78 is 50.5. The van der Waals surface area contributed by atoms with Crippen LogP contribution in [0.3, 0.4) is 0 Å². The Labute approximate surface area is 148 Å². The lowest BCUT2D eigenvalue weighted by molar-refractivity contribution is -0.384. The van der Waals surface area contributed by atoms with Gasteiger partial charge in [0.1, 0.15) is 5.69 Å². The molecule has 1 aliphatic heterocycles. The van der Waals surface area contributed by atoms with Crippen LogP contribution >= 0.6 is 0 Å². The molecule has 11 heteroatoms. The molecule has 0 N–H and O–H groups in total. The van der Waals surface area contributed by atoms with Crippen molar-refractivity contribution >= 4 is 21.2 Å². The number of alkyl halides is 2. The number of hydrogen-bond acceptors (Lipinski definition) is 6. The predicted octanol–water partition coefficient (Wildman–Crippen LogP) is 2.46. The van der Waals surface area contributed by atoms with Crippen LogP contribution in [0.15, 0.2) is 41.8 Å². The van der Waals surface area contributed by atoms with Crippen molar-refractivity contribution in [2.45, 2.75) is 36.1 Å². The molecular formula is C15H16F2N4O4S. The second-order valence-electron chi connectivity index (χ2n) is 5.96. The Balaban J connectivity index is 1.97. The molecule has 1 fully saturated rings. The van der Waals surface area contributed by atoms with Gasteiger partial charge in [0, 0.05) is 37.6 Å². The van der Waals surface area contributed by atoms with E-state index in [1.54, 1.807) is 18.7 Å². The summed E-state index contributed by atoms with van der Waals surface area (Å²) in [7, 11) is -4.90. The van der Waals surface area contributed by atoms with Gasteiger partial charge in [0.15, 0.2) is 0 Å². The molecule has 1 aliphatic rings. The van der Waals surface area contributed by atoms with Crippen molar-refractivity contribution in [3.05, 3.63) is 47.0 Å². The molecule has 0 saturated carbocycles. The molecular weight excluding hydrogens is 370 g/mol. The summed E-state index contributed by atoms with van der Waals surface area (Å²) in [5, 5.41) is 11.4. The summed E-state index contributed by atoms with van der Waals surface area (Å²) in [5.74, 6) is -3.63. The topological polar surface area (TPSA) is 98.3 Å². The van der Waals surface area contributed by atoms with Gasteiger partial charge in [0.2, 0.25) is 9.84 Å². The van der Waals surface area contributed by atoms with Gasteiger partial charge in [-0.2, -0.15) is 8.78 Å². The normalized spacial score (nSPS) is 17.8. The second kappa shape index (κ2) is 6.98. The Morgan fingerprint density at radius 2 is 2.15 bits per heavy atom. The van der Waals surface area contributed by atoms with E-state index in [0.29, 0.717) is 19.2 Å². The molecule has 2 aromatic rings. The van der Waals surface area contributed by atoms with Crippen molar-refractivity contribution in [2.75, 3.05) is 11.4 Å². The first-order chi connectivity index (χ1) is 12.3. The Morgan fingerprint density at radius 1 is 1.38 bits per heavy atom. The summed E-state index contributed by atoms with van der Waals surface area (Å²) >= 11 is 0. The van der Waals surface area contributed by atoms with E-state index in [2.05, 4.69) is 4.98 Å². The van der Waals surface area contributed by atoms with Crippen LogP contribution in [0.4, 0.5) is 20.2 Å². The van der Waals surface area contributed by atoms with E-state index in [-0.39, 0.29) is 11.7 Å². The fourth-order valence-electron chi connectivity index (χ4n) is 3.15. The molecule has 1 unspecified atom stereocenters. The largest absolute Gasteiger partial charge is 0.361 e. The quantitative estimate of drug-likeness (QED) is 0.559. The van der Waals surface area contributed by atoms with Crippen LogP contribution in [0.25, 0.3) is 0 Å². The van der Waals surface area contributed by atoms with Gasteiger partial charge in [-0.3, -0.25) is 10.1 Å². The Bertz CT molecular complexity index is 902. The zero-order valence-electron chi connectivity index (χ0n) is 13.5. The maximum absolute atomic E-state index is 12.7. The van der Waals surface area contributed by atoms with Gasteiger partial charge in [0.05, 0.1) is 16.1 Å². The monoisotopic (exact) mass is 386 g/mol. The van der Waals surface area contributed by atoms with Crippen molar-refractivity contribution in [2.24, 2.45) is 0 Å². The molecule has 0 amide bonds. The average Bonchev–Trinajstić information content (AvgIpc) is 3.26. The summed E-state index contributed by atoms with van der Waals surface area (Å²) in [4.78, 5) is 15.7. The van der Waals surface area contributed by atoms with E-state index in [4.69, 9.17) is 0 Å². The summed E-state index contributed by atoms with van der Waals surface area (Å²) in [6, 6.07) is 2.90. The molecule has 3 rings (SSSR count). The smallest absolute Gasteiger partial charge is 0.341 e. The van der Waals surface area contributed by atoms with Gasteiger partial charge in [-0.25, -0.2) is 13.4 Å². The Morgan fingerprint density at radius 3 is 2.77 bits per heavy atom. The van der Waals surface area contributed by atoms with E-state index < -0.39 is 31.1 Å². The van der Waals surface area contributed by atoms with Gasteiger partial charge in [0.25, 0.3) is 5.69 Å². The van der Waals surface area contributed by atoms with Crippen molar-refractivity contribution in [1.29, 1.82) is 0 Å². The molecule has 2 heterocycles. The van der Waals surface area contributed by atoms with Crippen LogP contribution in [0.2, 0.25) is 0 Å². The number of anilines is 1. The molecule has 1 aromatic heterocycles. The Hall–Kier alpha value is -2.56. The highest BCUT2D eigenvalue weighted by atomic mass is 32.2. The lowest BCUT2D eigenvalue weighted by Crippen LogP contribution is -2.33. The average molecular weight is 386 g/mol. The van der Waals surface area contributed by atoms with Gasteiger partial charge >= 0.3 is 5.76 Å². The number of imidazole rings is 1. The van der Waals surface area contributed by atoms with Crippen molar-refractivity contribution in [3.8, 4) is 0 Å². The number of hydrogen-bond donors (Lipinski definition) is 0. The van der Waals surface area contributed by atoms with E-state index in [1.165, 1.54) is 6.07 Å². The van der Waals surface area contributed by atoms with Crippen LogP contribution in [-0.2, 0) is 16.4 Å². The van der Waals surface area contributed by atoms with Crippen LogP contribution < -0.4 is 4.90 Å². The van der Waals surface area contributed by atoms with Crippen molar-refractivity contribution < 1.29 is 22.1 Å². The number of nitrogens with zero attached hydrogens (tertiary/aromatic N) is 4. The molecule has 0 aliphatic carbocycles. The highest BCUT2D eigenvalue weighted by molar-refractivity contribution is 7.91. The van der Waals surface area contributed by atoms with Crippen LogP contribution in [0.5, 0.6) is 0 Å². The number of rotatable bonds is 6. The van der Waals surface area contributed by atoms with E-state index >= 15 is 0 Å². The van der Waals surface area contributed by atoms with Gasteiger partial charge in [-0.1, -0.05) is 0 Å². The van der Waals surface area contributed by atoms with Crippen molar-refractivity contribution in [3.63, 3.8) is 0 Å². The molecule has 1 saturated heterocycles. The first kappa shape index (κ1) is 18.2. The van der Waals surface area contributed by atoms with E-state index in [0.717, 1.165) is 18.9 Å². The second-order valence-corrected chi connectivity index (χ2v) is 7.88. The third kappa shape index (κ3) is 3.39. The zero-order chi connectivity index (χ0) is 18.9. The van der Waals surface area contributed by atoms with E-state index in [9.17, 15) is 27.3 Å². The van der Waals surface area contributed by atoms with Gasteiger partial charge < -0.3 is 9.47 Å². The van der Waals surface area contributed by atoms with Crippen LogP contribution in [-0.4, -0.2) is 41.2 Å². The summed E-state index contributed by atoms with van der Waals surface area (Å²) in [6.07, 6.45) is 6.66. The third-order valence-corrected chi connectivity index (χ3v) is 5.75. The minimum atomic E-state index is -4.90. The minimum Gasteiger partial charge on any atom is -0.361 e. The number of aromatic nitrogens is 2. The molecule has 140 valence electrons. The maximum atomic E-state index is 12.7. The first-order valence-corrected chi connectivity index (χ1v) is 9.38. The lowest BCUT2D eigenvalue weighted by Gasteiger charge is -2.27. The van der Waals surface area contributed by atoms with Gasteiger partial charge in [-0.05, 0) is 25.0 Å². The zero-order valence-corrected chi connectivity index (χ0v) is 14.3. The fraction of sp³-hybridized carbons (Fsp3) is 0.400. The standard InChI is InChI=1S/C15H16F2N4O4S/c16-15(17)26(24,25)12-3-4-13(14(8-12)21(22)23)20-6-1-2-11(20)9-19-7-5-18-10-19/h3-5,7-8,10-11,15H,1-2,6,9H2. The predicted molar refractivity (Wildman–Crippen MR) is 88.9 cm³/mol. The molecule has 0 radical (unpaired) electrons. The number of nitro benzene ring substituents is 1. The fourth-order valence-corrected chi connectivity index (χ4v) is 3.89. The molecule has 1 aromatic carbocycles. The summed E-state index contributed by atoms with van der Waals surface area (Å²) in [5.41, 5.74) is -0.268. The van der Waals surface area contributed by atoms with E-state index in [1.807, 2.05) is 9.47 Å². The van der Waals surface area contributed by atoms with Crippen molar-refractivity contribution in [1.82, 2.24) is 9.55 Å². The minimum absolute atomic E-state index is 0.0412. The number of sulfone groups is 1. The first-order valence-electron chi connectivity index (χ1n) is 7.83. The molecule has 0 spiro atoms. The third-order valence-electron chi connectivity index (χ3n) is 4.37. The SMILES string of the molecule is O=[N+]([O-])c1cc(S(=O)(=O)C(F)F)ccc1N1CCCC1Cn1ccnc1. The van der Waals surface area contributed by atoms with Gasteiger partial charge in [-0.15, -0.1) is 0 Å². The molecule has 8 nitrogen and oxygen atoms in total. The highest BCUT2D eigenvalue weighted by Crippen LogP contribution is 2.36. The lowest BCUT2D eigenvalue weighted by atomic mass is 10.2. The molecule has 1 atom stereocenters. The van der Waals surface area contributed by atoms with Crippen LogP contribution in [0, 0.1) is 10.1 Å². The molecule has 0 bridgehead atoms. The molecule has 26 heavy (non-hydrogen) atoms. The number of benzene rings is 1. The highest BCUT2D eigenvalue weighted by Gasteiger charge is 2.33. The van der Waals surface area contributed by atoms with Crippen LogP contribution in [0.1, 0.15) is 12.8 Å². The Kier molecular flexibility index (Phi) is 4.90. The maximum Gasteiger partial charge on any atom is 0.341 e. The number of nitro groups is 1.